The maximum absolute atomic E-state index is 11.9. The van der Waals surface area contributed by atoms with Crippen molar-refractivity contribution in [3.8, 4) is 6.07 Å². The van der Waals surface area contributed by atoms with E-state index in [0.29, 0.717) is 6.54 Å². The number of thioether (sulfide) groups is 1. The smallest absolute Gasteiger partial charge is 0.237 e. The summed E-state index contributed by atoms with van der Waals surface area (Å²) in [5, 5.41) is 11.9. The van der Waals surface area contributed by atoms with Crippen molar-refractivity contribution >= 4 is 17.7 Å². The Kier molecular flexibility index (Phi) is 7.29. The summed E-state index contributed by atoms with van der Waals surface area (Å²) >= 11 is 1.79. The number of rotatable bonds is 7. The van der Waals surface area contributed by atoms with Gasteiger partial charge in [0.05, 0.1) is 6.07 Å². The van der Waals surface area contributed by atoms with E-state index in [4.69, 9.17) is 5.26 Å². The first kappa shape index (κ1) is 16.3. The lowest BCUT2D eigenvalue weighted by Crippen LogP contribution is -2.42. The first-order chi connectivity index (χ1) is 7.96. The van der Waals surface area contributed by atoms with Crippen LogP contribution in [0.4, 0.5) is 0 Å². The first-order valence-electron chi connectivity index (χ1n) is 6.18. The van der Waals surface area contributed by atoms with Crippen LogP contribution in [0.25, 0.3) is 0 Å². The normalized spacial score (nSPS) is 13.2. The molecule has 0 aliphatic carbocycles. The summed E-state index contributed by atoms with van der Waals surface area (Å²) in [6.07, 6.45) is 4.11. The Bertz CT molecular complexity index is 271. The van der Waals surface area contributed by atoms with Gasteiger partial charge in [0, 0.05) is 11.3 Å². The summed E-state index contributed by atoms with van der Waals surface area (Å²) < 4.78 is 0.104. The molecule has 1 amide bonds. The van der Waals surface area contributed by atoms with Crippen molar-refractivity contribution in [3.05, 3.63) is 0 Å². The van der Waals surface area contributed by atoms with E-state index in [0.717, 1.165) is 12.8 Å². The van der Waals surface area contributed by atoms with Crippen LogP contribution in [0.15, 0.2) is 0 Å². The molecule has 98 valence electrons. The highest BCUT2D eigenvalue weighted by molar-refractivity contribution is 8.00. The number of nitrogens with one attached hydrogen (secondary N) is 1. The number of nitriles is 1. The summed E-state index contributed by atoms with van der Waals surface area (Å²) in [5.41, 5.74) is 0. The molecule has 1 unspecified atom stereocenters. The van der Waals surface area contributed by atoms with Crippen molar-refractivity contribution in [1.82, 2.24) is 5.32 Å². The summed E-state index contributed by atoms with van der Waals surface area (Å²) in [5.74, 6) is -0.613. The van der Waals surface area contributed by atoms with Crippen molar-refractivity contribution in [2.45, 2.75) is 45.3 Å². The molecule has 0 aliphatic rings. The number of hydrogen-bond acceptors (Lipinski definition) is 3. The van der Waals surface area contributed by atoms with E-state index in [1.807, 2.05) is 13.8 Å². The molecule has 4 heteroatoms. The zero-order chi connectivity index (χ0) is 13.5. The number of amides is 1. The van der Waals surface area contributed by atoms with Crippen LogP contribution < -0.4 is 5.32 Å². The molecule has 0 fully saturated rings. The predicted octanol–water partition coefficient (Wildman–Crippen LogP) is 2.82. The molecule has 0 aliphatic heterocycles. The lowest BCUT2D eigenvalue weighted by Gasteiger charge is -2.30. The van der Waals surface area contributed by atoms with Gasteiger partial charge in [0.25, 0.3) is 0 Å². The van der Waals surface area contributed by atoms with E-state index in [2.05, 4.69) is 31.5 Å². The molecule has 0 bridgehead atoms. The summed E-state index contributed by atoms with van der Waals surface area (Å²) in [6.45, 7) is 8.71. The van der Waals surface area contributed by atoms with Crippen molar-refractivity contribution in [2.75, 3.05) is 12.8 Å². The van der Waals surface area contributed by atoms with Gasteiger partial charge in [-0.25, -0.2) is 0 Å². The van der Waals surface area contributed by atoms with E-state index in [1.54, 1.807) is 11.8 Å². The molecule has 17 heavy (non-hydrogen) atoms. The standard InChI is InChI=1S/C13H24N2OS/c1-6-13(7-2,17-5)9-15-12(16)11(8-14)10(3)4/h10-11H,6-7,9H2,1-5H3,(H,15,16). The van der Waals surface area contributed by atoms with Gasteiger partial charge in [-0.05, 0) is 25.0 Å². The number of carbonyl (C=O) groups is 1. The highest BCUT2D eigenvalue weighted by atomic mass is 32.2. The number of carbonyl (C=O) groups excluding carboxylic acids is 1. The molecule has 0 spiro atoms. The molecular weight excluding hydrogens is 232 g/mol. The van der Waals surface area contributed by atoms with Crippen molar-refractivity contribution in [1.29, 1.82) is 5.26 Å². The van der Waals surface area contributed by atoms with Gasteiger partial charge < -0.3 is 5.32 Å². The lowest BCUT2D eigenvalue weighted by atomic mass is 9.96. The second-order valence-corrected chi connectivity index (χ2v) is 5.94. The number of hydrogen-bond donors (Lipinski definition) is 1. The van der Waals surface area contributed by atoms with E-state index in [1.165, 1.54) is 0 Å². The zero-order valence-electron chi connectivity index (χ0n) is 11.5. The van der Waals surface area contributed by atoms with Crippen molar-refractivity contribution in [3.63, 3.8) is 0 Å². The second-order valence-electron chi connectivity index (χ2n) is 4.66. The summed E-state index contributed by atoms with van der Waals surface area (Å²) in [6, 6.07) is 2.07. The molecule has 0 rings (SSSR count). The Morgan fingerprint density at radius 3 is 2.24 bits per heavy atom. The van der Waals surface area contributed by atoms with Crippen LogP contribution >= 0.6 is 11.8 Å². The molecule has 0 saturated heterocycles. The average molecular weight is 256 g/mol. The van der Waals surface area contributed by atoms with Crippen LogP contribution in [0.5, 0.6) is 0 Å². The summed E-state index contributed by atoms with van der Waals surface area (Å²) in [4.78, 5) is 11.9. The zero-order valence-corrected chi connectivity index (χ0v) is 12.4. The fraction of sp³-hybridized carbons (Fsp3) is 0.846. The van der Waals surface area contributed by atoms with Crippen LogP contribution in [0.1, 0.15) is 40.5 Å². The summed E-state index contributed by atoms with van der Waals surface area (Å²) in [7, 11) is 0. The molecule has 0 aromatic heterocycles. The van der Waals surface area contributed by atoms with Gasteiger partial charge in [-0.15, -0.1) is 0 Å². The minimum atomic E-state index is -0.539. The molecule has 0 aromatic carbocycles. The lowest BCUT2D eigenvalue weighted by molar-refractivity contribution is -0.124. The molecule has 1 atom stereocenters. The third-order valence-corrected chi connectivity index (χ3v) is 4.98. The molecule has 0 radical (unpaired) electrons. The molecule has 0 heterocycles. The fourth-order valence-corrected chi connectivity index (χ4v) is 2.52. The van der Waals surface area contributed by atoms with Gasteiger partial charge in [-0.3, -0.25) is 4.79 Å². The van der Waals surface area contributed by atoms with Gasteiger partial charge in [-0.1, -0.05) is 27.7 Å². The van der Waals surface area contributed by atoms with Crippen molar-refractivity contribution < 1.29 is 4.79 Å². The topological polar surface area (TPSA) is 52.9 Å². The average Bonchev–Trinajstić information content (AvgIpc) is 2.32. The second kappa shape index (κ2) is 7.60. The maximum atomic E-state index is 11.9. The van der Waals surface area contributed by atoms with Crippen LogP contribution in [-0.4, -0.2) is 23.5 Å². The predicted molar refractivity (Wildman–Crippen MR) is 73.8 cm³/mol. The van der Waals surface area contributed by atoms with E-state index in [9.17, 15) is 4.79 Å². The fourth-order valence-electron chi connectivity index (χ4n) is 1.73. The molecular formula is C13H24N2OS. The van der Waals surface area contributed by atoms with Crippen LogP contribution in [0.3, 0.4) is 0 Å². The minimum absolute atomic E-state index is 0.0620. The molecule has 3 nitrogen and oxygen atoms in total. The van der Waals surface area contributed by atoms with E-state index in [-0.39, 0.29) is 16.6 Å². The highest BCUT2D eigenvalue weighted by Crippen LogP contribution is 2.29. The maximum Gasteiger partial charge on any atom is 0.237 e. The van der Waals surface area contributed by atoms with Crippen LogP contribution in [0, 0.1) is 23.2 Å². The van der Waals surface area contributed by atoms with Gasteiger partial charge >= 0.3 is 0 Å². The Morgan fingerprint density at radius 2 is 1.94 bits per heavy atom. The highest BCUT2D eigenvalue weighted by Gasteiger charge is 2.28. The van der Waals surface area contributed by atoms with Gasteiger partial charge in [0.15, 0.2) is 0 Å². The Labute approximate surface area is 109 Å². The number of nitrogens with zero attached hydrogens (tertiary/aromatic N) is 1. The third kappa shape index (κ3) is 4.59. The van der Waals surface area contributed by atoms with Gasteiger partial charge in [0.1, 0.15) is 5.92 Å². The van der Waals surface area contributed by atoms with E-state index < -0.39 is 5.92 Å². The Hall–Kier alpha value is -0.690. The Morgan fingerprint density at radius 1 is 1.41 bits per heavy atom. The monoisotopic (exact) mass is 256 g/mol. The SMILES string of the molecule is CCC(CC)(CNC(=O)C(C#N)C(C)C)SC. The van der Waals surface area contributed by atoms with Gasteiger partial charge in [-0.2, -0.15) is 17.0 Å². The molecule has 1 N–H and O–H groups in total. The third-order valence-electron chi connectivity index (χ3n) is 3.39. The quantitative estimate of drug-likeness (QED) is 0.762. The van der Waals surface area contributed by atoms with Crippen molar-refractivity contribution in [2.24, 2.45) is 11.8 Å². The molecule has 0 aromatic rings. The van der Waals surface area contributed by atoms with Gasteiger partial charge in [0.2, 0.25) is 5.91 Å². The molecule has 0 saturated carbocycles. The Balaban J connectivity index is 4.46. The largest absolute Gasteiger partial charge is 0.354 e. The van der Waals surface area contributed by atoms with Crippen LogP contribution in [0.2, 0.25) is 0 Å². The minimum Gasteiger partial charge on any atom is -0.354 e. The first-order valence-corrected chi connectivity index (χ1v) is 7.41. The van der Waals surface area contributed by atoms with E-state index >= 15 is 0 Å². The van der Waals surface area contributed by atoms with Crippen LogP contribution in [-0.2, 0) is 4.79 Å².